The Kier molecular flexibility index (Phi) is 7.73. The molecule has 2 N–H and O–H groups in total. The van der Waals surface area contributed by atoms with Crippen molar-refractivity contribution in [2.45, 2.75) is 4.90 Å². The number of fused-ring (bicyclic) bond motifs is 1. The fourth-order valence-electron chi connectivity index (χ4n) is 4.90. The molecule has 0 spiro atoms. The normalized spacial score (nSPS) is 13.5. The summed E-state index contributed by atoms with van der Waals surface area (Å²) < 4.78 is 51.0. The molecule has 1 amide bonds. The van der Waals surface area contributed by atoms with Crippen LogP contribution in [0.3, 0.4) is 0 Å². The Morgan fingerprint density at radius 1 is 0.976 bits per heavy atom. The lowest BCUT2D eigenvalue weighted by atomic mass is 10.0. The Morgan fingerprint density at radius 2 is 1.62 bits per heavy atom. The number of carbonyl (C=O) groups is 1. The second kappa shape index (κ2) is 11.4. The number of terminal acetylenes is 1. The van der Waals surface area contributed by atoms with Crippen molar-refractivity contribution >= 4 is 38.4 Å². The van der Waals surface area contributed by atoms with Crippen molar-refractivity contribution < 1.29 is 37.1 Å². The molecule has 0 atom stereocenters. The number of nitrogens with zero attached hydrogens (tertiary/aromatic N) is 3. The molecule has 218 valence electrons. The molecule has 3 aromatic carbocycles. The smallest absolute Gasteiger partial charge is 0.298 e. The Morgan fingerprint density at radius 3 is 2.24 bits per heavy atom. The molecule has 42 heavy (non-hydrogen) atoms. The van der Waals surface area contributed by atoms with E-state index < -0.39 is 10.0 Å². The van der Waals surface area contributed by atoms with Crippen molar-refractivity contribution in [2.75, 3.05) is 57.1 Å². The summed E-state index contributed by atoms with van der Waals surface area (Å²) in [4.78, 5) is 15.3. The summed E-state index contributed by atoms with van der Waals surface area (Å²) in [7, 11) is -0.0759. The number of phenols is 1. The number of rotatable bonds is 8. The zero-order valence-corrected chi connectivity index (χ0v) is 23.9. The van der Waals surface area contributed by atoms with Gasteiger partial charge in [-0.2, -0.15) is 0 Å². The first-order chi connectivity index (χ1) is 20.2. The second-order valence-electron chi connectivity index (χ2n) is 9.34. The average molecular weight is 593 g/mol. The summed E-state index contributed by atoms with van der Waals surface area (Å²) in [5.74, 6) is 2.22. The summed E-state index contributed by atoms with van der Waals surface area (Å²) in [6.07, 6.45) is 5.24. The number of methoxy groups -OCH3 is 3. The number of hydrogen-bond donors (Lipinski definition) is 2. The molecular weight excluding hydrogens is 564 g/mol. The van der Waals surface area contributed by atoms with E-state index in [0.29, 0.717) is 48.4 Å². The van der Waals surface area contributed by atoms with Crippen molar-refractivity contribution in [2.24, 2.45) is 0 Å². The van der Waals surface area contributed by atoms with Gasteiger partial charge >= 0.3 is 0 Å². The third kappa shape index (κ3) is 5.31. The monoisotopic (exact) mass is 592 g/mol. The van der Waals surface area contributed by atoms with Gasteiger partial charge in [0, 0.05) is 37.9 Å². The molecule has 0 bridgehead atoms. The van der Waals surface area contributed by atoms with Crippen molar-refractivity contribution in [3.8, 4) is 46.5 Å². The largest absolute Gasteiger partial charge is 0.508 e. The number of anilines is 2. The van der Waals surface area contributed by atoms with Gasteiger partial charge in [-0.3, -0.25) is 9.52 Å². The van der Waals surface area contributed by atoms with E-state index in [1.807, 2.05) is 11.0 Å². The Labute approximate surface area is 242 Å². The van der Waals surface area contributed by atoms with E-state index in [-0.39, 0.29) is 39.5 Å². The number of phenolic OH excluding ortho intramolecular Hbond substituents is 1. The number of benzene rings is 3. The fourth-order valence-corrected chi connectivity index (χ4v) is 6.23. The quantitative estimate of drug-likeness (QED) is 0.293. The molecule has 12 nitrogen and oxygen atoms in total. The number of piperazine rings is 1. The highest BCUT2D eigenvalue weighted by molar-refractivity contribution is 7.93. The highest BCUT2D eigenvalue weighted by Crippen LogP contribution is 2.41. The van der Waals surface area contributed by atoms with E-state index in [9.17, 15) is 18.3 Å². The van der Waals surface area contributed by atoms with Crippen LogP contribution in [-0.4, -0.2) is 77.0 Å². The Bertz CT molecular complexity index is 1780. The molecule has 4 aromatic rings. The van der Waals surface area contributed by atoms with E-state index in [2.05, 4.69) is 15.8 Å². The van der Waals surface area contributed by atoms with Gasteiger partial charge in [-0.15, -0.1) is 6.42 Å². The van der Waals surface area contributed by atoms with Gasteiger partial charge in [-0.1, -0.05) is 11.2 Å². The minimum absolute atomic E-state index is 0.0421. The van der Waals surface area contributed by atoms with Crippen molar-refractivity contribution in [3.63, 3.8) is 0 Å². The third-order valence-corrected chi connectivity index (χ3v) is 8.33. The maximum absolute atomic E-state index is 13.4. The number of hydrogen-bond acceptors (Lipinski definition) is 10. The van der Waals surface area contributed by atoms with Crippen molar-refractivity contribution in [3.05, 3.63) is 48.5 Å². The predicted molar refractivity (Wildman–Crippen MR) is 156 cm³/mol. The Hall–Kier alpha value is -5.09. The molecule has 1 fully saturated rings. The molecule has 2 heterocycles. The topological polar surface area (TPSA) is 144 Å². The van der Waals surface area contributed by atoms with Gasteiger partial charge in [0.15, 0.2) is 16.3 Å². The van der Waals surface area contributed by atoms with Crippen LogP contribution >= 0.6 is 0 Å². The van der Waals surface area contributed by atoms with E-state index in [1.165, 1.54) is 33.5 Å². The zero-order chi connectivity index (χ0) is 30.0. The first kappa shape index (κ1) is 28.4. The van der Waals surface area contributed by atoms with Crippen LogP contribution in [0.15, 0.2) is 57.9 Å². The molecule has 0 unspecified atom stereocenters. The SMILES string of the molecule is C#CC(=O)N1CCN(c2cc(O)cc(-c3cc(OC)c4c(NS(=O)(=O)c5c(OC)cccc5OC)noc4c3)c2)CC1. The maximum atomic E-state index is 13.4. The molecule has 0 aliphatic carbocycles. The highest BCUT2D eigenvalue weighted by atomic mass is 32.2. The van der Waals surface area contributed by atoms with Crippen LogP contribution in [0.5, 0.6) is 23.0 Å². The molecule has 1 aliphatic rings. The van der Waals surface area contributed by atoms with Crippen molar-refractivity contribution in [1.29, 1.82) is 0 Å². The predicted octanol–water partition coefficient (Wildman–Crippen LogP) is 3.31. The zero-order valence-electron chi connectivity index (χ0n) is 23.1. The Balaban J connectivity index is 1.49. The molecule has 1 aromatic heterocycles. The van der Waals surface area contributed by atoms with Crippen LogP contribution in [0.1, 0.15) is 0 Å². The van der Waals surface area contributed by atoms with E-state index in [0.717, 1.165) is 5.69 Å². The van der Waals surface area contributed by atoms with Crippen LogP contribution < -0.4 is 23.8 Å². The molecule has 0 radical (unpaired) electrons. The number of nitrogens with one attached hydrogen (secondary N) is 1. The first-order valence-electron chi connectivity index (χ1n) is 12.7. The number of ether oxygens (including phenoxy) is 3. The second-order valence-corrected chi connectivity index (χ2v) is 11.0. The molecule has 0 saturated carbocycles. The van der Waals surface area contributed by atoms with Crippen LogP contribution in [0, 0.1) is 12.3 Å². The summed E-state index contributed by atoms with van der Waals surface area (Å²) in [5.41, 5.74) is 2.30. The molecule has 5 rings (SSSR count). The van der Waals surface area contributed by atoms with Crippen molar-refractivity contribution in [1.82, 2.24) is 10.1 Å². The van der Waals surface area contributed by atoms with Gasteiger partial charge in [0.1, 0.15) is 28.4 Å². The number of aromatic nitrogens is 1. The fraction of sp³-hybridized carbons (Fsp3) is 0.241. The van der Waals surface area contributed by atoms with E-state index >= 15 is 0 Å². The minimum atomic E-state index is -4.23. The average Bonchev–Trinajstić information content (AvgIpc) is 3.41. The summed E-state index contributed by atoms with van der Waals surface area (Å²) in [5, 5.41) is 14.8. The number of amides is 1. The lowest BCUT2D eigenvalue weighted by Crippen LogP contribution is -2.48. The molecule has 1 saturated heterocycles. The molecular formula is C29H28N4O8S. The van der Waals surface area contributed by atoms with Gasteiger partial charge in [-0.05, 0) is 53.4 Å². The van der Waals surface area contributed by atoms with Crippen LogP contribution in [-0.2, 0) is 14.8 Å². The van der Waals surface area contributed by atoms with Crippen LogP contribution in [0.25, 0.3) is 22.1 Å². The summed E-state index contributed by atoms with van der Waals surface area (Å²) >= 11 is 0. The first-order valence-corrected chi connectivity index (χ1v) is 14.2. The van der Waals surface area contributed by atoms with Crippen LogP contribution in [0.2, 0.25) is 0 Å². The lowest BCUT2D eigenvalue weighted by Gasteiger charge is -2.35. The van der Waals surface area contributed by atoms with E-state index in [1.54, 1.807) is 35.2 Å². The van der Waals surface area contributed by atoms with Crippen LogP contribution in [0.4, 0.5) is 11.5 Å². The number of carbonyl (C=O) groups excluding carboxylic acids is 1. The van der Waals surface area contributed by atoms with Gasteiger partial charge in [0.2, 0.25) is 0 Å². The van der Waals surface area contributed by atoms with Gasteiger partial charge in [0.05, 0.1) is 21.3 Å². The number of sulfonamides is 1. The lowest BCUT2D eigenvalue weighted by molar-refractivity contribution is -0.125. The molecule has 13 heteroatoms. The number of aromatic hydroxyl groups is 1. The third-order valence-electron chi connectivity index (χ3n) is 6.93. The van der Waals surface area contributed by atoms with E-state index in [4.69, 9.17) is 25.2 Å². The summed E-state index contributed by atoms with van der Waals surface area (Å²) in [6, 6.07) is 13.1. The standard InChI is InChI=1S/C29H28N4O8S/c1-5-26(35)33-11-9-32(10-12-33)20-13-18(14-21(34)17-20)19-15-24(40-4)27-25(16-19)41-30-29(27)31-42(36,37)28-22(38-2)7-6-8-23(28)39-3/h1,6-8,13-17,34H,9-12H2,2-4H3,(H,30,31). The van der Waals surface area contributed by atoms with Gasteiger partial charge < -0.3 is 33.6 Å². The molecule has 1 aliphatic heterocycles. The minimum Gasteiger partial charge on any atom is -0.508 e. The maximum Gasteiger partial charge on any atom is 0.298 e. The summed E-state index contributed by atoms with van der Waals surface area (Å²) in [6.45, 7) is 2.01. The van der Waals surface area contributed by atoms with Gasteiger partial charge in [-0.25, -0.2) is 8.42 Å². The van der Waals surface area contributed by atoms with Gasteiger partial charge in [0.25, 0.3) is 15.9 Å². The highest BCUT2D eigenvalue weighted by Gasteiger charge is 2.28.